The van der Waals surface area contributed by atoms with Crippen LogP contribution in [0.1, 0.15) is 49.5 Å². The van der Waals surface area contributed by atoms with Gasteiger partial charge in [-0.25, -0.2) is 4.39 Å². The number of rotatable bonds is 9. The number of pyridine rings is 1. The minimum Gasteiger partial charge on any atom is -0.492 e. The van der Waals surface area contributed by atoms with Gasteiger partial charge in [0.15, 0.2) is 22.8 Å². The van der Waals surface area contributed by atoms with Gasteiger partial charge in [-0.05, 0) is 51.3 Å². The van der Waals surface area contributed by atoms with Gasteiger partial charge in [0, 0.05) is 31.4 Å². The third kappa shape index (κ3) is 5.19. The fourth-order valence-corrected chi connectivity index (χ4v) is 5.49. The molecular formula is C28H33ClFN3O7. The van der Waals surface area contributed by atoms with Gasteiger partial charge in [-0.2, -0.15) is 0 Å². The Bertz CT molecular complexity index is 1420. The van der Waals surface area contributed by atoms with Gasteiger partial charge >= 0.3 is 11.9 Å². The fraction of sp³-hybridized carbons (Fsp3) is 0.500. The number of nitrogens with one attached hydrogen (secondary N) is 1. The fourth-order valence-electron chi connectivity index (χ4n) is 5.49. The molecule has 1 atom stereocenters. The molecule has 0 radical (unpaired) electrons. The zero-order valence-electron chi connectivity index (χ0n) is 22.7. The number of hydrogen-bond donors (Lipinski definition) is 1. The quantitative estimate of drug-likeness (QED) is 0.208. The number of carbonyl (C=O) groups excluding carboxylic acids is 3. The molecule has 1 saturated carbocycles. The van der Waals surface area contributed by atoms with Crippen LogP contribution in [0, 0.1) is 11.7 Å². The minimum absolute atomic E-state index is 0. The van der Waals surface area contributed by atoms with E-state index in [9.17, 15) is 19.2 Å². The van der Waals surface area contributed by atoms with Gasteiger partial charge in [0.1, 0.15) is 5.69 Å². The van der Waals surface area contributed by atoms with Crippen LogP contribution in [-0.4, -0.2) is 68.3 Å². The van der Waals surface area contributed by atoms with E-state index < -0.39 is 40.4 Å². The maximum Gasteiger partial charge on any atom is 0.328 e. The Hall–Kier alpha value is -3.44. The maximum atomic E-state index is 15.8. The molecule has 0 spiro atoms. The van der Waals surface area contributed by atoms with E-state index in [1.54, 1.807) is 4.57 Å². The summed E-state index contributed by atoms with van der Waals surface area (Å²) in [5, 5.41) is 3.39. The topological polar surface area (TPSA) is 116 Å². The first-order valence-corrected chi connectivity index (χ1v) is 13.3. The summed E-state index contributed by atoms with van der Waals surface area (Å²) in [6.07, 6.45) is 6.00. The number of anilines is 1. The van der Waals surface area contributed by atoms with Gasteiger partial charge < -0.3 is 29.0 Å². The minimum atomic E-state index is -1.96. The summed E-state index contributed by atoms with van der Waals surface area (Å²) in [4.78, 5) is 54.3. The van der Waals surface area contributed by atoms with E-state index in [0.717, 1.165) is 31.9 Å². The van der Waals surface area contributed by atoms with Crippen LogP contribution in [-0.2, 0) is 19.1 Å². The van der Waals surface area contributed by atoms with E-state index in [1.807, 2.05) is 4.90 Å². The third-order valence-corrected chi connectivity index (χ3v) is 7.40. The number of ether oxygens (including phenoxy) is 3. The van der Waals surface area contributed by atoms with Crippen LogP contribution in [0.15, 0.2) is 28.7 Å². The van der Waals surface area contributed by atoms with Gasteiger partial charge in [0.2, 0.25) is 5.92 Å². The number of esters is 2. The van der Waals surface area contributed by atoms with Crippen LogP contribution < -0.4 is 20.4 Å². The van der Waals surface area contributed by atoms with Crippen LogP contribution >= 0.6 is 12.4 Å². The van der Waals surface area contributed by atoms with Crippen molar-refractivity contribution in [2.24, 2.45) is 5.92 Å². The Balaban J connectivity index is 0.00000370. The van der Waals surface area contributed by atoms with Gasteiger partial charge in [-0.1, -0.05) is 6.08 Å². The Labute approximate surface area is 236 Å². The summed E-state index contributed by atoms with van der Waals surface area (Å²) >= 11 is 0. The summed E-state index contributed by atoms with van der Waals surface area (Å²) in [6, 6.07) is 1.19. The summed E-state index contributed by atoms with van der Waals surface area (Å²) < 4.78 is 33.2. The van der Waals surface area contributed by atoms with Crippen LogP contribution in [0.2, 0.25) is 0 Å². The smallest absolute Gasteiger partial charge is 0.328 e. The molecule has 1 saturated heterocycles. The first-order valence-electron chi connectivity index (χ1n) is 13.3. The zero-order valence-corrected chi connectivity index (χ0v) is 23.5. The molecule has 12 heteroatoms. The number of carbonyl (C=O) groups is 3. The third-order valence-electron chi connectivity index (χ3n) is 7.40. The molecule has 10 nitrogen and oxygen atoms in total. The number of fused-ring (bicyclic) bond motifs is 2. The van der Waals surface area contributed by atoms with Gasteiger partial charge in [0.05, 0.1) is 36.8 Å². The standard InChI is InChI=1S/C28H32FN3O7.ClH/c1-4-38-27(35)21(28(36)39-5-2)25(34)18-13-32(16-8-9-16)22-17(24(18)33)11-19(29)23(26(22)37-3)31-12-15-7-6-10-30-20(15)14-31;/h7,11,13,16,20-21,30H,4-6,8-10,12,14H2,1-3H3;1H. The monoisotopic (exact) mass is 577 g/mol. The average molecular weight is 578 g/mol. The highest BCUT2D eigenvalue weighted by molar-refractivity contribution is 6.21. The molecule has 2 fully saturated rings. The number of Topliss-reactive ketones (excluding diaryl/α,β-unsaturated/α-hetero) is 1. The van der Waals surface area contributed by atoms with Crippen LogP contribution in [0.25, 0.3) is 10.9 Å². The predicted molar refractivity (Wildman–Crippen MR) is 148 cm³/mol. The summed E-state index contributed by atoms with van der Waals surface area (Å²) in [5.41, 5.74) is 0.613. The molecule has 1 aliphatic carbocycles. The van der Waals surface area contributed by atoms with Crippen molar-refractivity contribution in [3.8, 4) is 5.75 Å². The molecule has 5 rings (SSSR count). The highest BCUT2D eigenvalue weighted by atomic mass is 35.5. The lowest BCUT2D eigenvalue weighted by molar-refractivity contribution is -0.158. The maximum absolute atomic E-state index is 15.8. The zero-order chi connectivity index (χ0) is 27.8. The number of aromatic nitrogens is 1. The molecular weight excluding hydrogens is 545 g/mol. The van der Waals surface area contributed by atoms with Crippen molar-refractivity contribution in [2.45, 2.75) is 45.2 Å². The second-order valence-electron chi connectivity index (χ2n) is 9.90. The second kappa shape index (κ2) is 12.0. The van der Waals surface area contributed by atoms with E-state index >= 15 is 4.39 Å². The van der Waals surface area contributed by atoms with Crippen molar-refractivity contribution in [3.63, 3.8) is 0 Å². The summed E-state index contributed by atoms with van der Waals surface area (Å²) in [5.74, 6) is -5.65. The molecule has 3 aliphatic rings. The van der Waals surface area contributed by atoms with Crippen molar-refractivity contribution in [1.29, 1.82) is 0 Å². The molecule has 1 unspecified atom stereocenters. The van der Waals surface area contributed by atoms with E-state index in [2.05, 4.69) is 11.4 Å². The Kier molecular flexibility index (Phi) is 8.84. The van der Waals surface area contributed by atoms with Crippen molar-refractivity contribution in [3.05, 3.63) is 45.5 Å². The molecule has 0 bridgehead atoms. The first kappa shape index (κ1) is 29.5. The van der Waals surface area contributed by atoms with Crippen LogP contribution in [0.5, 0.6) is 5.75 Å². The lowest BCUT2D eigenvalue weighted by Gasteiger charge is -2.25. The van der Waals surface area contributed by atoms with Gasteiger partial charge in [-0.3, -0.25) is 19.2 Å². The van der Waals surface area contributed by atoms with Gasteiger partial charge in [0.25, 0.3) is 0 Å². The molecule has 1 aromatic carbocycles. The number of nitrogens with zero attached hydrogens (tertiary/aromatic N) is 2. The molecule has 0 amide bonds. The number of hydrogen-bond acceptors (Lipinski definition) is 9. The van der Waals surface area contributed by atoms with Crippen molar-refractivity contribution in [1.82, 2.24) is 9.88 Å². The van der Waals surface area contributed by atoms with E-state index in [0.29, 0.717) is 18.6 Å². The van der Waals surface area contributed by atoms with Crippen molar-refractivity contribution < 1.29 is 33.0 Å². The predicted octanol–water partition coefficient (Wildman–Crippen LogP) is 2.94. The highest BCUT2D eigenvalue weighted by Crippen LogP contribution is 2.44. The van der Waals surface area contributed by atoms with Crippen molar-refractivity contribution in [2.75, 3.05) is 44.9 Å². The first-order chi connectivity index (χ1) is 18.8. The van der Waals surface area contributed by atoms with Crippen molar-refractivity contribution >= 4 is 46.7 Å². The Morgan fingerprint density at radius 1 is 1.15 bits per heavy atom. The average Bonchev–Trinajstić information content (AvgIpc) is 3.66. The largest absolute Gasteiger partial charge is 0.492 e. The Morgan fingerprint density at radius 3 is 2.40 bits per heavy atom. The second-order valence-corrected chi connectivity index (χ2v) is 9.90. The molecule has 1 N–H and O–H groups in total. The molecule has 1 aromatic heterocycles. The van der Waals surface area contributed by atoms with E-state index in [1.165, 1.54) is 32.7 Å². The lowest BCUT2D eigenvalue weighted by atomic mass is 9.96. The molecule has 216 valence electrons. The molecule has 3 heterocycles. The lowest BCUT2D eigenvalue weighted by Crippen LogP contribution is -2.37. The van der Waals surface area contributed by atoms with E-state index in [4.69, 9.17) is 14.2 Å². The van der Waals surface area contributed by atoms with E-state index in [-0.39, 0.29) is 54.5 Å². The molecule has 2 aromatic rings. The van der Waals surface area contributed by atoms with Crippen LogP contribution in [0.4, 0.5) is 10.1 Å². The molecule has 40 heavy (non-hydrogen) atoms. The Morgan fingerprint density at radius 2 is 1.82 bits per heavy atom. The summed E-state index contributed by atoms with van der Waals surface area (Å²) in [7, 11) is 1.43. The number of methoxy groups -OCH3 is 1. The number of ketones is 1. The highest BCUT2D eigenvalue weighted by Gasteiger charge is 2.41. The summed E-state index contributed by atoms with van der Waals surface area (Å²) in [6.45, 7) is 4.87. The number of halogens is 2. The van der Waals surface area contributed by atoms with Gasteiger partial charge in [-0.15, -0.1) is 12.4 Å². The molecule has 2 aliphatic heterocycles. The van der Waals surface area contributed by atoms with Crippen LogP contribution in [0.3, 0.4) is 0 Å². The SMILES string of the molecule is CCOC(=O)C(C(=O)OCC)C(=O)c1cn(C2CC2)c2c(OC)c(N3CC4=CCCNC4C3)c(F)cc2c1=O.Cl. The normalized spacial score (nSPS) is 18.2. The number of benzene rings is 1.